The third kappa shape index (κ3) is 5.52. The average Bonchev–Trinajstić information content (AvgIpc) is 2.48. The summed E-state index contributed by atoms with van der Waals surface area (Å²) in [5.41, 5.74) is 1.47. The van der Waals surface area contributed by atoms with E-state index in [1.54, 1.807) is 0 Å². The maximum atomic E-state index is 12.1. The van der Waals surface area contributed by atoms with Crippen LogP contribution in [-0.2, 0) is 4.79 Å². The Morgan fingerprint density at radius 2 is 1.91 bits per heavy atom. The van der Waals surface area contributed by atoms with Gasteiger partial charge in [-0.1, -0.05) is 36.7 Å². The van der Waals surface area contributed by atoms with Crippen molar-refractivity contribution in [3.63, 3.8) is 0 Å². The van der Waals surface area contributed by atoms with Crippen molar-refractivity contribution in [2.75, 3.05) is 6.61 Å². The molecule has 0 heterocycles. The smallest absolute Gasteiger partial charge is 0.258 e. The second-order valence-corrected chi connectivity index (χ2v) is 8.54. The van der Waals surface area contributed by atoms with Gasteiger partial charge >= 0.3 is 0 Å². The first-order valence-corrected chi connectivity index (χ1v) is 9.23. The van der Waals surface area contributed by atoms with Crippen molar-refractivity contribution in [2.45, 2.75) is 59.4 Å². The van der Waals surface area contributed by atoms with E-state index >= 15 is 0 Å². The molecule has 4 heteroatoms. The van der Waals surface area contributed by atoms with E-state index in [9.17, 15) is 4.79 Å². The fourth-order valence-corrected chi connectivity index (χ4v) is 3.48. The molecule has 23 heavy (non-hydrogen) atoms. The lowest BCUT2D eigenvalue weighted by Gasteiger charge is -2.37. The number of rotatable bonds is 4. The van der Waals surface area contributed by atoms with Gasteiger partial charge < -0.3 is 10.1 Å². The van der Waals surface area contributed by atoms with Crippen molar-refractivity contribution < 1.29 is 9.53 Å². The van der Waals surface area contributed by atoms with Crippen LogP contribution in [-0.4, -0.2) is 18.6 Å². The van der Waals surface area contributed by atoms with Crippen LogP contribution in [0.3, 0.4) is 0 Å². The van der Waals surface area contributed by atoms with Gasteiger partial charge in [-0.2, -0.15) is 0 Å². The van der Waals surface area contributed by atoms with E-state index in [1.807, 2.05) is 25.1 Å². The minimum absolute atomic E-state index is 0.0234. The molecule has 1 N–H and O–H groups in total. The topological polar surface area (TPSA) is 38.3 Å². The molecule has 0 unspecified atom stereocenters. The summed E-state index contributed by atoms with van der Waals surface area (Å²) >= 11 is 3.46. The van der Waals surface area contributed by atoms with Crippen LogP contribution in [0.5, 0.6) is 5.75 Å². The molecular weight excluding hydrogens is 354 g/mol. The second-order valence-electron chi connectivity index (χ2n) is 7.68. The Balaban J connectivity index is 1.74. The predicted molar refractivity (Wildman–Crippen MR) is 97.7 cm³/mol. The van der Waals surface area contributed by atoms with Gasteiger partial charge in [0.05, 0.1) is 0 Å². The summed E-state index contributed by atoms with van der Waals surface area (Å²) in [6, 6.07) is 6.05. The van der Waals surface area contributed by atoms with Crippen LogP contribution >= 0.6 is 15.9 Å². The number of halogens is 1. The first-order valence-electron chi connectivity index (χ1n) is 8.44. The number of carbonyl (C=O) groups is 1. The van der Waals surface area contributed by atoms with E-state index in [2.05, 4.69) is 42.0 Å². The molecule has 1 aliphatic rings. The van der Waals surface area contributed by atoms with Crippen molar-refractivity contribution in [3.8, 4) is 5.75 Å². The number of nitrogens with one attached hydrogen (secondary N) is 1. The Bertz CT molecular complexity index is 543. The Labute approximate surface area is 148 Å². The molecule has 1 amide bonds. The Morgan fingerprint density at radius 3 is 2.48 bits per heavy atom. The molecule has 1 aromatic carbocycles. The van der Waals surface area contributed by atoms with Gasteiger partial charge in [0.25, 0.3) is 5.91 Å². The highest BCUT2D eigenvalue weighted by atomic mass is 79.9. The van der Waals surface area contributed by atoms with Gasteiger partial charge in [-0.15, -0.1) is 0 Å². The van der Waals surface area contributed by atoms with Gasteiger partial charge in [0.15, 0.2) is 6.61 Å². The van der Waals surface area contributed by atoms with Crippen molar-refractivity contribution in [2.24, 2.45) is 11.3 Å². The first-order chi connectivity index (χ1) is 10.8. The molecular formula is C19H28BrNO2. The Morgan fingerprint density at radius 1 is 1.26 bits per heavy atom. The highest BCUT2D eigenvalue weighted by Gasteiger charge is 2.30. The lowest BCUT2D eigenvalue weighted by molar-refractivity contribution is -0.124. The zero-order valence-corrected chi connectivity index (χ0v) is 16.2. The number of hydrogen-bond acceptors (Lipinski definition) is 2. The standard InChI is InChI=1S/C19H28BrNO2/c1-13-11-16(9-10-17(13)20)23-12-18(22)21-15-7-5-14(6-8-15)19(2,3)4/h9-11,14-15H,5-8,12H2,1-4H3,(H,21,22). The van der Waals surface area contributed by atoms with E-state index in [1.165, 1.54) is 12.8 Å². The minimum atomic E-state index is -0.0234. The van der Waals surface area contributed by atoms with Crippen LogP contribution < -0.4 is 10.1 Å². The van der Waals surface area contributed by atoms with Crippen LogP contribution in [0.2, 0.25) is 0 Å². The summed E-state index contributed by atoms with van der Waals surface area (Å²) in [6.45, 7) is 9.02. The molecule has 128 valence electrons. The van der Waals surface area contributed by atoms with E-state index in [-0.39, 0.29) is 12.5 Å². The molecule has 1 aliphatic carbocycles. The summed E-state index contributed by atoms with van der Waals surface area (Å²) in [6.07, 6.45) is 4.54. The third-order valence-corrected chi connectivity index (χ3v) is 5.71. The lowest BCUT2D eigenvalue weighted by Crippen LogP contribution is -2.41. The SMILES string of the molecule is Cc1cc(OCC(=O)NC2CCC(C(C)(C)C)CC2)ccc1Br. The molecule has 0 spiro atoms. The van der Waals surface area contributed by atoms with Crippen LogP contribution in [0.25, 0.3) is 0 Å². The second kappa shape index (κ2) is 7.69. The quantitative estimate of drug-likeness (QED) is 0.808. The molecule has 1 fully saturated rings. The van der Waals surface area contributed by atoms with Gasteiger partial charge in [0.1, 0.15) is 5.75 Å². The number of aryl methyl sites for hydroxylation is 1. The van der Waals surface area contributed by atoms with E-state index in [0.29, 0.717) is 11.5 Å². The normalized spacial score (nSPS) is 21.8. The van der Waals surface area contributed by atoms with E-state index in [0.717, 1.165) is 34.5 Å². The summed E-state index contributed by atoms with van der Waals surface area (Å²) in [7, 11) is 0. The molecule has 0 bridgehead atoms. The Hall–Kier alpha value is -1.03. The molecule has 0 saturated heterocycles. The molecule has 2 rings (SSSR count). The molecule has 1 aromatic rings. The van der Waals surface area contributed by atoms with Gasteiger partial charge in [-0.05, 0) is 67.7 Å². The fourth-order valence-electron chi connectivity index (χ4n) is 3.23. The monoisotopic (exact) mass is 381 g/mol. The van der Waals surface area contributed by atoms with Crippen molar-refractivity contribution in [3.05, 3.63) is 28.2 Å². The van der Waals surface area contributed by atoms with Crippen molar-refractivity contribution in [1.82, 2.24) is 5.32 Å². The number of benzene rings is 1. The average molecular weight is 382 g/mol. The van der Waals surface area contributed by atoms with Crippen LogP contribution in [0.1, 0.15) is 52.0 Å². The van der Waals surface area contributed by atoms with Gasteiger partial charge in [-0.3, -0.25) is 4.79 Å². The van der Waals surface area contributed by atoms with Crippen LogP contribution in [0.15, 0.2) is 22.7 Å². The number of carbonyl (C=O) groups excluding carboxylic acids is 1. The lowest BCUT2D eigenvalue weighted by atomic mass is 9.71. The maximum absolute atomic E-state index is 12.1. The zero-order chi connectivity index (χ0) is 17.0. The van der Waals surface area contributed by atoms with Gasteiger partial charge in [0.2, 0.25) is 0 Å². The van der Waals surface area contributed by atoms with Crippen LogP contribution in [0.4, 0.5) is 0 Å². The fraction of sp³-hybridized carbons (Fsp3) is 0.632. The van der Waals surface area contributed by atoms with E-state index < -0.39 is 0 Å². The van der Waals surface area contributed by atoms with Gasteiger partial charge in [0, 0.05) is 10.5 Å². The summed E-state index contributed by atoms with van der Waals surface area (Å²) in [4.78, 5) is 12.1. The third-order valence-electron chi connectivity index (χ3n) is 4.82. The van der Waals surface area contributed by atoms with Crippen molar-refractivity contribution >= 4 is 21.8 Å². The van der Waals surface area contributed by atoms with Crippen molar-refractivity contribution in [1.29, 1.82) is 0 Å². The van der Waals surface area contributed by atoms with Crippen LogP contribution in [0, 0.1) is 18.3 Å². The minimum Gasteiger partial charge on any atom is -0.484 e. The molecule has 0 radical (unpaired) electrons. The summed E-state index contributed by atoms with van der Waals surface area (Å²) in [5.74, 6) is 1.47. The predicted octanol–water partition coefficient (Wildman–Crippen LogP) is 4.86. The first kappa shape index (κ1) is 18.3. The highest BCUT2D eigenvalue weighted by Crippen LogP contribution is 2.37. The number of hydrogen-bond donors (Lipinski definition) is 1. The molecule has 0 aromatic heterocycles. The number of ether oxygens (including phenoxy) is 1. The Kier molecular flexibility index (Phi) is 6.12. The summed E-state index contributed by atoms with van der Waals surface area (Å²) in [5, 5.41) is 3.11. The zero-order valence-electron chi connectivity index (χ0n) is 14.6. The van der Waals surface area contributed by atoms with E-state index in [4.69, 9.17) is 4.74 Å². The number of amides is 1. The van der Waals surface area contributed by atoms with Gasteiger partial charge in [-0.25, -0.2) is 0 Å². The summed E-state index contributed by atoms with van der Waals surface area (Å²) < 4.78 is 6.63. The molecule has 0 atom stereocenters. The molecule has 1 saturated carbocycles. The molecule has 0 aliphatic heterocycles. The highest BCUT2D eigenvalue weighted by molar-refractivity contribution is 9.10. The largest absolute Gasteiger partial charge is 0.484 e. The maximum Gasteiger partial charge on any atom is 0.258 e. The molecule has 3 nitrogen and oxygen atoms in total.